The Labute approximate surface area is 170 Å². The van der Waals surface area contributed by atoms with Crippen molar-refractivity contribution in [2.24, 2.45) is 5.92 Å². The molecule has 3 nitrogen and oxygen atoms in total. The van der Waals surface area contributed by atoms with Crippen LogP contribution in [0.4, 0.5) is 0 Å². The zero-order valence-electron chi connectivity index (χ0n) is 17.6. The summed E-state index contributed by atoms with van der Waals surface area (Å²) in [5.41, 5.74) is 3.84. The lowest BCUT2D eigenvalue weighted by molar-refractivity contribution is 0.0547. The van der Waals surface area contributed by atoms with Crippen molar-refractivity contribution in [2.75, 3.05) is 26.2 Å². The number of hydrogen-bond acceptors (Lipinski definition) is 3. The van der Waals surface area contributed by atoms with Gasteiger partial charge in [-0.15, -0.1) is 0 Å². The lowest BCUT2D eigenvalue weighted by atomic mass is 9.90. The first-order valence-electron chi connectivity index (χ1n) is 10.7. The van der Waals surface area contributed by atoms with Crippen molar-refractivity contribution in [1.29, 1.82) is 0 Å². The van der Waals surface area contributed by atoms with Crippen LogP contribution in [0.1, 0.15) is 49.3 Å². The van der Waals surface area contributed by atoms with E-state index in [4.69, 9.17) is 4.74 Å². The fourth-order valence-electron chi connectivity index (χ4n) is 4.10. The average Bonchev–Trinajstić information content (AvgIpc) is 2.68. The second-order valence-electron chi connectivity index (χ2n) is 8.59. The van der Waals surface area contributed by atoms with Gasteiger partial charge in [0.1, 0.15) is 18.5 Å². The van der Waals surface area contributed by atoms with Crippen molar-refractivity contribution in [2.45, 2.75) is 52.1 Å². The normalized spacial score (nSPS) is 17.0. The lowest BCUT2D eigenvalue weighted by Crippen LogP contribution is -2.41. The molecular weight excluding hydrogens is 346 g/mol. The third kappa shape index (κ3) is 6.08. The van der Waals surface area contributed by atoms with Crippen molar-refractivity contribution < 1.29 is 9.84 Å². The molecule has 0 aliphatic carbocycles. The molecule has 0 spiro atoms. The largest absolute Gasteiger partial charge is 0.491 e. The smallest absolute Gasteiger partial charge is 0.123 e. The molecule has 1 fully saturated rings. The van der Waals surface area contributed by atoms with Crippen LogP contribution in [0, 0.1) is 12.8 Å². The van der Waals surface area contributed by atoms with Gasteiger partial charge in [0, 0.05) is 6.54 Å². The standard InChI is InChI=1S/C25H35NO2/c1-19(2)24-10-9-20(3)15-25(24)28-18-23(27)17-26-13-11-22(12-14-26)16-21-7-5-4-6-8-21/h4-10,15,19,22-23,27H,11-14,16-18H2,1-3H3/t23-/m0/s1. The molecule has 1 saturated heterocycles. The fourth-order valence-corrected chi connectivity index (χ4v) is 4.10. The van der Waals surface area contributed by atoms with Crippen molar-refractivity contribution >= 4 is 0 Å². The molecule has 0 saturated carbocycles. The Bertz CT molecular complexity index is 721. The molecule has 28 heavy (non-hydrogen) atoms. The van der Waals surface area contributed by atoms with Crippen LogP contribution in [0.15, 0.2) is 48.5 Å². The van der Waals surface area contributed by atoms with Gasteiger partial charge >= 0.3 is 0 Å². The average molecular weight is 382 g/mol. The van der Waals surface area contributed by atoms with E-state index in [1.54, 1.807) is 0 Å². The molecule has 1 heterocycles. The van der Waals surface area contributed by atoms with Crippen LogP contribution in [0.5, 0.6) is 5.75 Å². The van der Waals surface area contributed by atoms with Crippen LogP contribution in [-0.4, -0.2) is 42.4 Å². The minimum atomic E-state index is -0.453. The van der Waals surface area contributed by atoms with Crippen LogP contribution in [0.2, 0.25) is 0 Å². The van der Waals surface area contributed by atoms with Gasteiger partial charge < -0.3 is 14.7 Å². The monoisotopic (exact) mass is 381 g/mol. The van der Waals surface area contributed by atoms with Gasteiger partial charge in [-0.3, -0.25) is 0 Å². The first-order valence-corrected chi connectivity index (χ1v) is 10.7. The molecule has 2 aromatic rings. The van der Waals surface area contributed by atoms with Crippen LogP contribution in [0.25, 0.3) is 0 Å². The maximum absolute atomic E-state index is 10.5. The Balaban J connectivity index is 1.43. The van der Waals surface area contributed by atoms with Gasteiger partial charge in [0.05, 0.1) is 0 Å². The molecular formula is C25H35NO2. The van der Waals surface area contributed by atoms with Crippen LogP contribution in [-0.2, 0) is 6.42 Å². The van der Waals surface area contributed by atoms with Gasteiger partial charge in [0.25, 0.3) is 0 Å². The van der Waals surface area contributed by atoms with E-state index in [1.807, 2.05) is 0 Å². The van der Waals surface area contributed by atoms with Crippen molar-refractivity contribution in [3.63, 3.8) is 0 Å². The Morgan fingerprint density at radius 3 is 2.46 bits per heavy atom. The van der Waals surface area contributed by atoms with E-state index in [2.05, 4.69) is 74.2 Å². The van der Waals surface area contributed by atoms with E-state index < -0.39 is 6.10 Å². The number of rotatable bonds is 8. The van der Waals surface area contributed by atoms with Gasteiger partial charge in [-0.05, 0) is 73.9 Å². The first kappa shape index (κ1) is 20.9. The highest BCUT2D eigenvalue weighted by atomic mass is 16.5. The highest BCUT2D eigenvalue weighted by molar-refractivity contribution is 5.39. The van der Waals surface area contributed by atoms with Crippen molar-refractivity contribution in [3.8, 4) is 5.75 Å². The highest BCUT2D eigenvalue weighted by Crippen LogP contribution is 2.28. The molecule has 3 rings (SSSR count). The van der Waals surface area contributed by atoms with E-state index >= 15 is 0 Å². The molecule has 152 valence electrons. The zero-order chi connectivity index (χ0) is 19.9. The van der Waals surface area contributed by atoms with Crippen LogP contribution < -0.4 is 4.74 Å². The number of benzene rings is 2. The molecule has 0 aromatic heterocycles. The third-order valence-electron chi connectivity index (χ3n) is 5.77. The number of likely N-dealkylation sites (tertiary alicyclic amines) is 1. The summed E-state index contributed by atoms with van der Waals surface area (Å²) in [6.07, 6.45) is 3.13. The second-order valence-corrected chi connectivity index (χ2v) is 8.59. The van der Waals surface area contributed by atoms with E-state index in [0.717, 1.165) is 24.8 Å². The molecule has 0 amide bonds. The summed E-state index contributed by atoms with van der Waals surface area (Å²) in [7, 11) is 0. The number of nitrogens with zero attached hydrogens (tertiary/aromatic N) is 1. The van der Waals surface area contributed by atoms with Crippen LogP contribution in [0.3, 0.4) is 0 Å². The van der Waals surface area contributed by atoms with Crippen LogP contribution >= 0.6 is 0 Å². The Hall–Kier alpha value is -1.84. The minimum absolute atomic E-state index is 0.354. The minimum Gasteiger partial charge on any atom is -0.491 e. The summed E-state index contributed by atoms with van der Waals surface area (Å²) < 4.78 is 6.01. The number of piperidine rings is 1. The molecule has 1 N–H and O–H groups in total. The van der Waals surface area contributed by atoms with Gasteiger partial charge in [-0.1, -0.05) is 56.3 Å². The van der Waals surface area contributed by atoms with Gasteiger partial charge in [-0.25, -0.2) is 0 Å². The van der Waals surface area contributed by atoms with E-state index in [9.17, 15) is 5.11 Å². The molecule has 0 radical (unpaired) electrons. The third-order valence-corrected chi connectivity index (χ3v) is 5.77. The number of hydrogen-bond donors (Lipinski definition) is 1. The Kier molecular flexibility index (Phi) is 7.52. The molecule has 0 unspecified atom stereocenters. The summed E-state index contributed by atoms with van der Waals surface area (Å²) in [4.78, 5) is 2.38. The topological polar surface area (TPSA) is 32.7 Å². The van der Waals surface area contributed by atoms with E-state index in [1.165, 1.54) is 36.0 Å². The SMILES string of the molecule is Cc1ccc(C(C)C)c(OC[C@@H](O)CN2CCC(Cc3ccccc3)CC2)c1. The van der Waals surface area contributed by atoms with E-state index in [0.29, 0.717) is 19.1 Å². The molecule has 1 aliphatic heterocycles. The van der Waals surface area contributed by atoms with Crippen molar-refractivity contribution in [3.05, 3.63) is 65.2 Å². The number of β-amino-alcohol motifs (C(OH)–C–C–N with tert-alkyl or cyclic N) is 1. The maximum atomic E-state index is 10.5. The maximum Gasteiger partial charge on any atom is 0.123 e. The van der Waals surface area contributed by atoms with E-state index in [-0.39, 0.29) is 0 Å². The molecule has 1 atom stereocenters. The summed E-state index contributed by atoms with van der Waals surface area (Å²) in [5, 5.41) is 10.5. The number of aryl methyl sites for hydroxylation is 1. The second kappa shape index (κ2) is 10.1. The molecule has 3 heteroatoms. The molecule has 1 aliphatic rings. The predicted molar refractivity (Wildman–Crippen MR) is 116 cm³/mol. The summed E-state index contributed by atoms with van der Waals surface area (Å²) in [6.45, 7) is 9.61. The summed E-state index contributed by atoms with van der Waals surface area (Å²) in [6, 6.07) is 17.1. The van der Waals surface area contributed by atoms with Gasteiger partial charge in [0.2, 0.25) is 0 Å². The number of aliphatic hydroxyl groups excluding tert-OH is 1. The molecule has 2 aromatic carbocycles. The fraction of sp³-hybridized carbons (Fsp3) is 0.520. The number of aliphatic hydroxyl groups is 1. The Morgan fingerprint density at radius 2 is 1.79 bits per heavy atom. The lowest BCUT2D eigenvalue weighted by Gasteiger charge is -2.33. The highest BCUT2D eigenvalue weighted by Gasteiger charge is 2.21. The molecule has 0 bridgehead atoms. The summed E-state index contributed by atoms with van der Waals surface area (Å²) >= 11 is 0. The quantitative estimate of drug-likeness (QED) is 0.712. The Morgan fingerprint density at radius 1 is 1.07 bits per heavy atom. The number of ether oxygens (including phenoxy) is 1. The first-order chi connectivity index (χ1) is 13.5. The zero-order valence-corrected chi connectivity index (χ0v) is 17.6. The van der Waals surface area contributed by atoms with Gasteiger partial charge in [-0.2, -0.15) is 0 Å². The van der Waals surface area contributed by atoms with Crippen molar-refractivity contribution in [1.82, 2.24) is 4.90 Å². The van der Waals surface area contributed by atoms with Gasteiger partial charge in [0.15, 0.2) is 0 Å². The predicted octanol–water partition coefficient (Wildman–Crippen LogP) is 4.81. The summed E-state index contributed by atoms with van der Waals surface area (Å²) in [5.74, 6) is 2.08.